The summed E-state index contributed by atoms with van der Waals surface area (Å²) in [6, 6.07) is -0.354. The van der Waals surface area contributed by atoms with E-state index in [4.69, 9.17) is 0 Å². The zero-order valence-electron chi connectivity index (χ0n) is 13.1. The van der Waals surface area contributed by atoms with Crippen molar-refractivity contribution in [2.75, 3.05) is 20.6 Å². The zero-order chi connectivity index (χ0) is 15.5. The molecule has 21 heavy (non-hydrogen) atoms. The summed E-state index contributed by atoms with van der Waals surface area (Å²) in [5, 5.41) is 15.0. The highest BCUT2D eigenvalue weighted by atomic mass is 16.4. The molecule has 0 bridgehead atoms. The molecule has 6 heteroatoms. The Kier molecular flexibility index (Phi) is 4.76. The van der Waals surface area contributed by atoms with E-state index in [9.17, 15) is 14.7 Å². The van der Waals surface area contributed by atoms with Crippen molar-refractivity contribution in [3.05, 3.63) is 0 Å². The van der Waals surface area contributed by atoms with Crippen molar-refractivity contribution >= 4 is 12.0 Å². The van der Waals surface area contributed by atoms with Gasteiger partial charge < -0.3 is 20.6 Å². The first-order chi connectivity index (χ1) is 9.90. The minimum Gasteiger partial charge on any atom is -0.480 e. The van der Waals surface area contributed by atoms with Crippen LogP contribution in [0, 0.1) is 0 Å². The first-order valence-electron chi connectivity index (χ1n) is 7.87. The molecule has 2 amide bonds. The summed E-state index contributed by atoms with van der Waals surface area (Å²) in [6.07, 6.45) is 7.27. The molecule has 0 heterocycles. The van der Waals surface area contributed by atoms with Crippen LogP contribution in [-0.2, 0) is 4.79 Å². The van der Waals surface area contributed by atoms with Gasteiger partial charge in [-0.3, -0.25) is 0 Å². The lowest BCUT2D eigenvalue weighted by Gasteiger charge is -2.37. The molecule has 0 aromatic heterocycles. The highest BCUT2D eigenvalue weighted by Crippen LogP contribution is 2.33. The molecule has 2 rings (SSSR count). The Balaban J connectivity index is 1.91. The topological polar surface area (TPSA) is 81.7 Å². The van der Waals surface area contributed by atoms with Gasteiger partial charge in [-0.15, -0.1) is 0 Å². The van der Waals surface area contributed by atoms with Crippen LogP contribution in [0.5, 0.6) is 0 Å². The molecule has 6 nitrogen and oxygen atoms in total. The molecule has 2 saturated carbocycles. The molecule has 0 unspecified atom stereocenters. The third-order valence-corrected chi connectivity index (χ3v) is 5.28. The Morgan fingerprint density at radius 3 is 2.05 bits per heavy atom. The molecule has 0 aromatic rings. The van der Waals surface area contributed by atoms with E-state index in [1.807, 2.05) is 14.1 Å². The number of carbonyl (C=O) groups excluding carboxylic acids is 1. The molecule has 0 aromatic carbocycles. The highest BCUT2D eigenvalue weighted by Gasteiger charge is 2.43. The smallest absolute Gasteiger partial charge is 0.329 e. The number of nitrogens with zero attached hydrogens (tertiary/aromatic N) is 1. The van der Waals surface area contributed by atoms with Gasteiger partial charge in [-0.1, -0.05) is 25.7 Å². The van der Waals surface area contributed by atoms with Crippen LogP contribution < -0.4 is 10.6 Å². The average molecular weight is 297 g/mol. The largest absolute Gasteiger partial charge is 0.480 e. The van der Waals surface area contributed by atoms with Crippen molar-refractivity contribution in [1.82, 2.24) is 15.5 Å². The van der Waals surface area contributed by atoms with Crippen LogP contribution in [0.3, 0.4) is 0 Å². The van der Waals surface area contributed by atoms with Crippen molar-refractivity contribution in [3.8, 4) is 0 Å². The van der Waals surface area contributed by atoms with Crippen molar-refractivity contribution in [2.45, 2.75) is 62.4 Å². The molecule has 2 aliphatic carbocycles. The van der Waals surface area contributed by atoms with Crippen LogP contribution in [0.4, 0.5) is 4.79 Å². The van der Waals surface area contributed by atoms with Gasteiger partial charge in [-0.2, -0.15) is 0 Å². The molecule has 0 radical (unpaired) electrons. The fraction of sp³-hybridized carbons (Fsp3) is 0.867. The summed E-state index contributed by atoms with van der Waals surface area (Å²) in [5.74, 6) is -0.918. The van der Waals surface area contributed by atoms with E-state index in [0.29, 0.717) is 19.4 Å². The summed E-state index contributed by atoms with van der Waals surface area (Å²) >= 11 is 0. The molecule has 0 atom stereocenters. The van der Waals surface area contributed by atoms with Gasteiger partial charge in [0.05, 0.1) is 0 Å². The third-order valence-electron chi connectivity index (χ3n) is 5.28. The molecule has 0 spiro atoms. The molecule has 0 saturated heterocycles. The van der Waals surface area contributed by atoms with Crippen LogP contribution in [0.2, 0.25) is 0 Å². The summed E-state index contributed by atoms with van der Waals surface area (Å²) in [5.41, 5.74) is -1.05. The lowest BCUT2D eigenvalue weighted by molar-refractivity contribution is -0.144. The number of hydrogen-bond donors (Lipinski definition) is 3. The number of carboxylic acid groups (broad SMARTS) is 1. The number of aliphatic carboxylic acids is 1. The van der Waals surface area contributed by atoms with Gasteiger partial charge in [0.25, 0.3) is 0 Å². The van der Waals surface area contributed by atoms with E-state index < -0.39 is 11.5 Å². The Bertz CT molecular complexity index is 397. The van der Waals surface area contributed by atoms with Crippen molar-refractivity contribution in [1.29, 1.82) is 0 Å². The number of likely N-dealkylation sites (N-methyl/N-ethyl adjacent to an activating group) is 1. The molecule has 0 aliphatic heterocycles. The first-order valence-corrected chi connectivity index (χ1v) is 7.87. The fourth-order valence-corrected chi connectivity index (χ4v) is 3.69. The van der Waals surface area contributed by atoms with Crippen LogP contribution in [0.1, 0.15) is 51.4 Å². The number of urea groups is 1. The Hall–Kier alpha value is -1.30. The standard InChI is InChI=1S/C15H27N3O3/c1-18(2)14(7-3-4-8-14)11-16-13(21)17-15(12(19)20)9-5-6-10-15/h3-11H2,1-2H3,(H,19,20)(H2,16,17,21). The number of nitrogens with one attached hydrogen (secondary N) is 2. The van der Waals surface area contributed by atoms with Gasteiger partial charge in [-0.25, -0.2) is 9.59 Å². The third kappa shape index (κ3) is 3.31. The molecular weight excluding hydrogens is 270 g/mol. The van der Waals surface area contributed by atoms with Crippen molar-refractivity contribution in [2.24, 2.45) is 0 Å². The lowest BCUT2D eigenvalue weighted by Crippen LogP contribution is -2.58. The van der Waals surface area contributed by atoms with E-state index in [-0.39, 0.29) is 11.6 Å². The van der Waals surface area contributed by atoms with Gasteiger partial charge in [0.1, 0.15) is 5.54 Å². The summed E-state index contributed by atoms with van der Waals surface area (Å²) in [7, 11) is 4.08. The number of amides is 2. The lowest BCUT2D eigenvalue weighted by atomic mass is 9.96. The molecule has 2 aliphatic rings. The Labute approximate surface area is 126 Å². The maximum absolute atomic E-state index is 12.1. The maximum Gasteiger partial charge on any atom is 0.329 e. The molecule has 3 N–H and O–H groups in total. The van der Waals surface area contributed by atoms with E-state index in [1.54, 1.807) is 0 Å². The second-order valence-electron chi connectivity index (χ2n) is 6.73. The van der Waals surface area contributed by atoms with Gasteiger partial charge in [0, 0.05) is 12.1 Å². The fourth-order valence-electron chi connectivity index (χ4n) is 3.69. The minimum absolute atomic E-state index is 0.0173. The summed E-state index contributed by atoms with van der Waals surface area (Å²) in [4.78, 5) is 25.7. The second kappa shape index (κ2) is 6.22. The number of rotatable bonds is 5. The van der Waals surface area contributed by atoms with E-state index in [1.165, 1.54) is 12.8 Å². The van der Waals surface area contributed by atoms with Crippen LogP contribution in [0.25, 0.3) is 0 Å². The van der Waals surface area contributed by atoms with Gasteiger partial charge in [0.15, 0.2) is 0 Å². The molecule has 2 fully saturated rings. The van der Waals surface area contributed by atoms with E-state index >= 15 is 0 Å². The summed E-state index contributed by atoms with van der Waals surface area (Å²) in [6.45, 7) is 0.571. The van der Waals surface area contributed by atoms with Gasteiger partial charge in [-0.05, 0) is 39.8 Å². The monoisotopic (exact) mass is 297 g/mol. The predicted molar refractivity (Wildman–Crippen MR) is 80.3 cm³/mol. The Morgan fingerprint density at radius 1 is 1.05 bits per heavy atom. The van der Waals surface area contributed by atoms with Crippen molar-refractivity contribution in [3.63, 3.8) is 0 Å². The van der Waals surface area contributed by atoms with Gasteiger partial charge in [0.2, 0.25) is 0 Å². The van der Waals surface area contributed by atoms with Crippen LogP contribution in [0.15, 0.2) is 0 Å². The number of carboxylic acids is 1. The van der Waals surface area contributed by atoms with Crippen LogP contribution >= 0.6 is 0 Å². The van der Waals surface area contributed by atoms with Crippen molar-refractivity contribution < 1.29 is 14.7 Å². The first kappa shape index (κ1) is 16.1. The zero-order valence-corrected chi connectivity index (χ0v) is 13.1. The molecule has 120 valence electrons. The molecular formula is C15H27N3O3. The van der Waals surface area contributed by atoms with Crippen LogP contribution in [-0.4, -0.2) is 53.7 Å². The average Bonchev–Trinajstić information content (AvgIpc) is 3.06. The van der Waals surface area contributed by atoms with E-state index in [0.717, 1.165) is 25.7 Å². The predicted octanol–water partition coefficient (Wildman–Crippen LogP) is 1.56. The minimum atomic E-state index is -1.06. The number of carbonyl (C=O) groups is 2. The van der Waals surface area contributed by atoms with Gasteiger partial charge >= 0.3 is 12.0 Å². The normalized spacial score (nSPS) is 23.2. The Morgan fingerprint density at radius 2 is 1.57 bits per heavy atom. The SMILES string of the molecule is CN(C)C1(CNC(=O)NC2(C(=O)O)CCCC2)CCCC1. The quantitative estimate of drug-likeness (QED) is 0.719. The summed E-state index contributed by atoms with van der Waals surface area (Å²) < 4.78 is 0. The maximum atomic E-state index is 12.1. The highest BCUT2D eigenvalue weighted by molar-refractivity contribution is 5.86. The number of hydrogen-bond acceptors (Lipinski definition) is 3. The second-order valence-corrected chi connectivity index (χ2v) is 6.73. The van der Waals surface area contributed by atoms with E-state index in [2.05, 4.69) is 15.5 Å².